The summed E-state index contributed by atoms with van der Waals surface area (Å²) in [5, 5.41) is 15.4. The Bertz CT molecular complexity index is 872. The summed E-state index contributed by atoms with van der Waals surface area (Å²) in [7, 11) is 1.64. The molecular weight excluding hydrogens is 346 g/mol. The van der Waals surface area contributed by atoms with Crippen LogP contribution in [-0.4, -0.2) is 40.9 Å². The monoisotopic (exact) mass is 369 g/mol. The zero-order valence-corrected chi connectivity index (χ0v) is 15.6. The van der Waals surface area contributed by atoms with Crippen LogP contribution < -0.4 is 10.6 Å². The molecular formula is C20H23N3O4. The predicted molar refractivity (Wildman–Crippen MR) is 97.6 cm³/mol. The molecule has 142 valence electrons. The lowest BCUT2D eigenvalue weighted by Crippen LogP contribution is -2.67. The Balaban J connectivity index is 1.90. The van der Waals surface area contributed by atoms with Gasteiger partial charge in [0.25, 0.3) is 0 Å². The molecule has 0 bridgehead atoms. The van der Waals surface area contributed by atoms with E-state index in [0.717, 1.165) is 11.3 Å². The molecule has 3 amide bonds. The molecule has 1 fully saturated rings. The minimum absolute atomic E-state index is 0.0256. The number of amides is 3. The Labute approximate surface area is 157 Å². The zero-order chi connectivity index (χ0) is 19.5. The van der Waals surface area contributed by atoms with E-state index in [9.17, 15) is 19.5 Å². The number of hydrogen-bond acceptors (Lipinski definition) is 5. The number of ketones is 1. The number of Topliss-reactive ketones (excluding diaryl/α,β-unsaturated/α-hetero) is 1. The van der Waals surface area contributed by atoms with E-state index in [0.29, 0.717) is 18.4 Å². The summed E-state index contributed by atoms with van der Waals surface area (Å²) in [6, 6.07) is 6.13. The molecule has 7 heteroatoms. The van der Waals surface area contributed by atoms with E-state index in [1.54, 1.807) is 31.3 Å². The number of hydrogen-bond donors (Lipinski definition) is 3. The van der Waals surface area contributed by atoms with Crippen molar-refractivity contribution in [3.63, 3.8) is 0 Å². The SMILES string of the molecule is CN1C(=O)NC(=O)C2C(c3ccc(O)cc3)C3=C(CC(C)(C)CC3=O)NC21. The van der Waals surface area contributed by atoms with Gasteiger partial charge in [0.1, 0.15) is 11.9 Å². The molecule has 2 heterocycles. The van der Waals surface area contributed by atoms with Crippen LogP contribution in [0.4, 0.5) is 4.79 Å². The standard InChI is InChI=1S/C20H23N3O4/c1-20(2)8-12-15(13(25)9-20)14(10-4-6-11(24)7-5-10)16-17(21-12)23(3)19(27)22-18(16)26/h4-7,14,16-17,21,24H,8-9H2,1-3H3,(H,22,26,27). The first-order valence-corrected chi connectivity index (χ1v) is 9.07. The van der Waals surface area contributed by atoms with Crippen molar-refractivity contribution in [1.29, 1.82) is 0 Å². The van der Waals surface area contributed by atoms with Crippen molar-refractivity contribution in [2.24, 2.45) is 11.3 Å². The van der Waals surface area contributed by atoms with E-state index < -0.39 is 29.9 Å². The summed E-state index contributed by atoms with van der Waals surface area (Å²) < 4.78 is 0. The molecule has 0 radical (unpaired) electrons. The fourth-order valence-electron chi connectivity index (χ4n) is 4.55. The topological polar surface area (TPSA) is 98.7 Å². The van der Waals surface area contributed by atoms with Gasteiger partial charge in [-0.3, -0.25) is 14.9 Å². The predicted octanol–water partition coefficient (Wildman–Crippen LogP) is 1.85. The van der Waals surface area contributed by atoms with E-state index in [2.05, 4.69) is 10.6 Å². The lowest BCUT2D eigenvalue weighted by molar-refractivity contribution is -0.130. The maximum Gasteiger partial charge on any atom is 0.325 e. The number of fused-ring (bicyclic) bond motifs is 1. The third kappa shape index (κ3) is 2.78. The molecule has 1 saturated heterocycles. The molecule has 3 N–H and O–H groups in total. The average Bonchev–Trinajstić information content (AvgIpc) is 2.57. The van der Waals surface area contributed by atoms with Gasteiger partial charge in [-0.2, -0.15) is 0 Å². The maximum atomic E-state index is 13.1. The van der Waals surface area contributed by atoms with Gasteiger partial charge in [0.05, 0.1) is 5.92 Å². The first-order valence-electron chi connectivity index (χ1n) is 9.07. The van der Waals surface area contributed by atoms with Gasteiger partial charge >= 0.3 is 6.03 Å². The fraction of sp³-hybridized carbons (Fsp3) is 0.450. The van der Waals surface area contributed by atoms with E-state index >= 15 is 0 Å². The summed E-state index contributed by atoms with van der Waals surface area (Å²) in [5.41, 5.74) is 2.03. The second-order valence-corrected chi connectivity index (χ2v) is 8.42. The van der Waals surface area contributed by atoms with Crippen LogP contribution in [-0.2, 0) is 9.59 Å². The van der Waals surface area contributed by atoms with Crippen molar-refractivity contribution in [3.05, 3.63) is 41.1 Å². The number of benzene rings is 1. The molecule has 2 aliphatic heterocycles. The summed E-state index contributed by atoms with van der Waals surface area (Å²) in [6.07, 6.45) is 0.566. The third-order valence-corrected chi connectivity index (χ3v) is 5.78. The van der Waals surface area contributed by atoms with E-state index in [4.69, 9.17) is 0 Å². The number of carbonyl (C=O) groups excluding carboxylic acids is 3. The fourth-order valence-corrected chi connectivity index (χ4v) is 4.55. The molecule has 1 aromatic carbocycles. The van der Waals surface area contributed by atoms with Crippen molar-refractivity contribution in [1.82, 2.24) is 15.5 Å². The van der Waals surface area contributed by atoms with Crippen LogP contribution in [0, 0.1) is 11.3 Å². The van der Waals surface area contributed by atoms with Gasteiger partial charge in [-0.1, -0.05) is 26.0 Å². The molecule has 4 rings (SSSR count). The van der Waals surface area contributed by atoms with Gasteiger partial charge in [-0.05, 0) is 29.5 Å². The van der Waals surface area contributed by atoms with Crippen molar-refractivity contribution >= 4 is 17.7 Å². The molecule has 1 aromatic rings. The Morgan fingerprint density at radius 1 is 1.11 bits per heavy atom. The summed E-state index contributed by atoms with van der Waals surface area (Å²) in [4.78, 5) is 39.4. The van der Waals surface area contributed by atoms with E-state index in [-0.39, 0.29) is 16.9 Å². The van der Waals surface area contributed by atoms with Crippen LogP contribution in [0.5, 0.6) is 5.75 Å². The highest BCUT2D eigenvalue weighted by Crippen LogP contribution is 2.48. The number of nitrogens with zero attached hydrogens (tertiary/aromatic N) is 1. The van der Waals surface area contributed by atoms with Crippen molar-refractivity contribution in [3.8, 4) is 5.75 Å². The quantitative estimate of drug-likeness (QED) is 0.702. The van der Waals surface area contributed by atoms with Crippen LogP contribution >= 0.6 is 0 Å². The number of imide groups is 1. The molecule has 0 saturated carbocycles. The number of carbonyl (C=O) groups is 3. The Kier molecular flexibility index (Phi) is 3.80. The average molecular weight is 369 g/mol. The van der Waals surface area contributed by atoms with Crippen molar-refractivity contribution in [2.75, 3.05) is 7.05 Å². The Morgan fingerprint density at radius 2 is 1.78 bits per heavy atom. The van der Waals surface area contributed by atoms with Crippen LogP contribution in [0.3, 0.4) is 0 Å². The summed E-state index contributed by atoms with van der Waals surface area (Å²) in [5.74, 6) is -1.34. The van der Waals surface area contributed by atoms with E-state index in [1.807, 2.05) is 13.8 Å². The first kappa shape index (κ1) is 17.6. The normalized spacial score (nSPS) is 29.7. The number of phenolic OH excluding ortho intramolecular Hbond substituents is 1. The molecule has 3 aliphatic rings. The van der Waals surface area contributed by atoms with Gasteiger partial charge in [0.15, 0.2) is 5.78 Å². The largest absolute Gasteiger partial charge is 0.508 e. The molecule has 7 nitrogen and oxygen atoms in total. The molecule has 3 unspecified atom stereocenters. The van der Waals surface area contributed by atoms with Gasteiger partial charge in [-0.15, -0.1) is 0 Å². The smallest absolute Gasteiger partial charge is 0.325 e. The number of nitrogens with one attached hydrogen (secondary N) is 2. The minimum atomic E-state index is -0.624. The number of phenols is 1. The summed E-state index contributed by atoms with van der Waals surface area (Å²) >= 11 is 0. The van der Waals surface area contributed by atoms with Gasteiger partial charge in [0, 0.05) is 30.7 Å². The van der Waals surface area contributed by atoms with Gasteiger partial charge < -0.3 is 15.3 Å². The number of rotatable bonds is 1. The lowest BCUT2D eigenvalue weighted by Gasteiger charge is -2.49. The van der Waals surface area contributed by atoms with E-state index in [1.165, 1.54) is 4.90 Å². The Hall–Kier alpha value is -2.83. The lowest BCUT2D eigenvalue weighted by atomic mass is 9.66. The Morgan fingerprint density at radius 3 is 2.44 bits per heavy atom. The van der Waals surface area contributed by atoms with Crippen LogP contribution in [0.2, 0.25) is 0 Å². The second kappa shape index (κ2) is 5.84. The molecule has 0 aromatic heterocycles. The first-order chi connectivity index (χ1) is 12.7. The summed E-state index contributed by atoms with van der Waals surface area (Å²) in [6.45, 7) is 4.08. The highest BCUT2D eigenvalue weighted by atomic mass is 16.3. The number of aromatic hydroxyl groups is 1. The van der Waals surface area contributed by atoms with Crippen molar-refractivity contribution in [2.45, 2.75) is 38.8 Å². The highest BCUT2D eigenvalue weighted by Gasteiger charge is 2.52. The molecule has 3 atom stereocenters. The van der Waals surface area contributed by atoms with Crippen LogP contribution in [0.25, 0.3) is 0 Å². The van der Waals surface area contributed by atoms with Crippen LogP contribution in [0.15, 0.2) is 35.5 Å². The number of urea groups is 1. The third-order valence-electron chi connectivity index (χ3n) is 5.78. The maximum absolute atomic E-state index is 13.1. The van der Waals surface area contributed by atoms with Gasteiger partial charge in [-0.25, -0.2) is 4.79 Å². The van der Waals surface area contributed by atoms with Crippen molar-refractivity contribution < 1.29 is 19.5 Å². The second-order valence-electron chi connectivity index (χ2n) is 8.42. The zero-order valence-electron chi connectivity index (χ0n) is 15.6. The molecule has 27 heavy (non-hydrogen) atoms. The number of allylic oxidation sites excluding steroid dienone is 2. The highest BCUT2D eigenvalue weighted by molar-refractivity contribution is 6.04. The molecule has 1 aliphatic carbocycles. The van der Waals surface area contributed by atoms with Crippen LogP contribution in [0.1, 0.15) is 38.2 Å². The molecule has 0 spiro atoms. The minimum Gasteiger partial charge on any atom is -0.508 e. The van der Waals surface area contributed by atoms with Gasteiger partial charge in [0.2, 0.25) is 5.91 Å².